The zero-order chi connectivity index (χ0) is 43.0. The SMILES string of the molecule is O.O.O.O.O.O.O.O.O.O.O.O.O.O.O.O.O.O.O.O.O.O.O.O.O.O.O.O.O.O.O.O.O.O.O.O.O.O.O.O.O=S(=O)(O)OC[C@H]1OC(COS(=O)(=O)O)(O[C@@H]2O[C@H](COS(=O)(=O)O)[C@@H](OS(=O)(=O)O)[C@H](OS(=O)(=O)O)[C@H]2OS(=O)(=O)O)[C@@H](OS(=O)(=O)O)[C@@H]1OS(=O)(=O)O.[Al].[Al].[Al].[Al].[Al].[Al].[Al].[Al].[Al].[Al].[Al].[Al].[Al].[Al].[Al].[Al]. The van der Waals surface area contributed by atoms with Gasteiger partial charge < -0.3 is 233 Å². The average molecular weight is 2140 g/mol. The summed E-state index contributed by atoms with van der Waals surface area (Å²) in [6.45, 7) is -6.25. The Bertz CT molecular complexity index is 2360. The quantitative estimate of drug-likeness (QED) is 0.0391. The molecule has 75 nitrogen and oxygen atoms in total. The molecular formula is C12H102Al16O75S8. The van der Waals surface area contributed by atoms with Crippen molar-refractivity contribution in [2.45, 2.75) is 54.8 Å². The van der Waals surface area contributed by atoms with Gasteiger partial charge in [-0.15, -0.1) is 0 Å². The van der Waals surface area contributed by atoms with E-state index in [9.17, 15) is 94.7 Å². The summed E-state index contributed by atoms with van der Waals surface area (Å²) in [5, 5.41) is 0. The first-order valence-corrected chi connectivity index (χ1v) is 23.2. The van der Waals surface area contributed by atoms with E-state index in [1.807, 2.05) is 0 Å². The van der Waals surface area contributed by atoms with Crippen molar-refractivity contribution in [1.82, 2.24) is 0 Å². The Kier molecular flexibility index (Phi) is 590. The zero-order valence-electron chi connectivity index (χ0n) is 54.3. The lowest BCUT2D eigenvalue weighted by molar-refractivity contribution is -0.374. The van der Waals surface area contributed by atoms with Crippen molar-refractivity contribution in [3.05, 3.63) is 0 Å². The predicted molar refractivity (Wildman–Crippen MR) is 389 cm³/mol. The Labute approximate surface area is 797 Å². The molecule has 9 atom stereocenters. The highest BCUT2D eigenvalue weighted by atomic mass is 32.3. The van der Waals surface area contributed by atoms with Crippen molar-refractivity contribution >= 4 is 361 Å². The number of ether oxygens (including phenoxy) is 3. The molecule has 0 aliphatic carbocycles. The molecule has 48 radical (unpaired) electrons. The molecule has 2 heterocycles. The van der Waals surface area contributed by atoms with Crippen LogP contribution in [-0.2, 0) is 131 Å². The highest BCUT2D eigenvalue weighted by Crippen LogP contribution is 2.43. The van der Waals surface area contributed by atoms with Gasteiger partial charge >= 0.3 is 83.2 Å². The Balaban J connectivity index is -0.0000000106. The molecule has 0 bridgehead atoms. The second kappa shape index (κ2) is 160. The van der Waals surface area contributed by atoms with E-state index in [1.165, 1.54) is 0 Å². The van der Waals surface area contributed by atoms with Crippen molar-refractivity contribution < 1.29 is 370 Å². The molecule has 2 aliphatic heterocycles. The van der Waals surface area contributed by atoms with Crippen LogP contribution in [-0.4, -0.2) is 675 Å². The van der Waals surface area contributed by atoms with Crippen LogP contribution in [0.5, 0.6) is 0 Å². The van der Waals surface area contributed by atoms with Crippen LogP contribution < -0.4 is 0 Å². The van der Waals surface area contributed by atoms with Gasteiger partial charge in [0.2, 0.25) is 5.79 Å². The average Bonchev–Trinajstić information content (AvgIpc) is 3.15. The molecule has 0 saturated carbocycles. The van der Waals surface area contributed by atoms with Crippen LogP contribution in [0.15, 0.2) is 0 Å². The maximum atomic E-state index is 11.9. The van der Waals surface area contributed by atoms with E-state index < -0.39 is 158 Å². The lowest BCUT2D eigenvalue weighted by atomic mass is 9.99. The molecule has 0 aromatic heterocycles. The van der Waals surface area contributed by atoms with Crippen LogP contribution >= 0.6 is 0 Å². The van der Waals surface area contributed by atoms with Gasteiger partial charge in [0.05, 0.1) is 13.2 Å². The molecule has 99 heteroatoms. The third kappa shape index (κ3) is 170. The standard InChI is InChI=1S/C12H22O35S8.16Al.40H2O/c13-48(14,15)37-1-4-6(43-51(22,23)24)8(45-53(28,29)30)9(46-54(31,32)33)11(40-4)42-12(3-39-50(19,20)21)10(47-55(34,35)36)7(44-52(25,26)27)5(41-12)2-38-49(16,17)18;;;;;;;;;;;;;;;;;;;;;;;;;;;;;;;;;;;;;;;;;;;;;;;;;;;;;;;;/h4-11H,1-3H2,(H,13,14,15)(H,16,17,18)(H,19,20,21)(H,22,23,24)(H,25,26,27)(H,28,29,30)(H,31,32,33)(H,34,35,36);;;;;;;;;;;;;;;;;40*1H2/t4-,5-,6-,7-,8+,9-,10+,11+,12?;;;;;;;;;;;;;;;;;;;;;;;;;;;;;;;;;;;;;;;;;;;;;;;;;;;;;;;;/m1......................................................../s1. The van der Waals surface area contributed by atoms with Gasteiger partial charge in [-0.3, -0.25) is 36.4 Å². The molecule has 0 aromatic rings. The van der Waals surface area contributed by atoms with Crippen molar-refractivity contribution in [2.24, 2.45) is 0 Å². The maximum Gasteiger partial charge on any atom is 0.397 e. The second-order valence-electron chi connectivity index (χ2n) is 9.64. The lowest BCUT2D eigenvalue weighted by Gasteiger charge is -2.45. The lowest BCUT2D eigenvalue weighted by Crippen LogP contribution is -2.65. The van der Waals surface area contributed by atoms with Gasteiger partial charge in [-0.05, 0) is 0 Å². The molecule has 696 valence electrons. The van der Waals surface area contributed by atoms with Crippen LogP contribution in [0.25, 0.3) is 0 Å². The topological polar surface area (TPSA) is 1800 Å². The summed E-state index contributed by atoms with van der Waals surface area (Å²) >= 11 is 0. The van der Waals surface area contributed by atoms with Gasteiger partial charge in [0.15, 0.2) is 18.5 Å². The summed E-state index contributed by atoms with van der Waals surface area (Å²) in [6, 6.07) is 0. The third-order valence-electron chi connectivity index (χ3n) is 5.68. The van der Waals surface area contributed by atoms with Crippen molar-refractivity contribution in [3.8, 4) is 0 Å². The number of hydrogen-bond donors (Lipinski definition) is 8. The summed E-state index contributed by atoms with van der Waals surface area (Å²) in [5.74, 6) is -4.12. The minimum atomic E-state index is -6.24. The minimum Gasteiger partial charge on any atom is -0.412 e. The van der Waals surface area contributed by atoms with Gasteiger partial charge in [-0.25, -0.2) is 33.5 Å². The Morgan fingerprint density at radius 2 is 0.405 bits per heavy atom. The second-order valence-corrected chi connectivity index (χ2v) is 18.2. The fourth-order valence-electron chi connectivity index (χ4n) is 4.24. The molecule has 111 heavy (non-hydrogen) atoms. The minimum absolute atomic E-state index is 0. The summed E-state index contributed by atoms with van der Waals surface area (Å²) in [6.07, 6.45) is -26.0. The first kappa shape index (κ1) is 410. The Morgan fingerprint density at radius 3 is 0.604 bits per heavy atom. The molecule has 2 fully saturated rings. The van der Waals surface area contributed by atoms with E-state index in [2.05, 4.69) is 33.5 Å². The summed E-state index contributed by atoms with van der Waals surface area (Å²) in [7, 11) is -48.3. The first-order chi connectivity index (χ1) is 24.2. The van der Waals surface area contributed by atoms with Crippen LogP contribution in [0.1, 0.15) is 0 Å². The molecule has 88 N–H and O–H groups in total. The molecule has 1 unspecified atom stereocenters. The fraction of sp³-hybridized carbons (Fsp3) is 1.00. The van der Waals surface area contributed by atoms with Gasteiger partial charge in [-0.1, -0.05) is 0 Å². The first-order valence-electron chi connectivity index (χ1n) is 12.3. The normalized spacial score (nSPS) is 15.2. The largest absolute Gasteiger partial charge is 0.412 e. The molecule has 0 aromatic carbocycles. The van der Waals surface area contributed by atoms with E-state index in [1.54, 1.807) is 0 Å². The molecular weight excluding hydrogens is 2030 g/mol. The van der Waals surface area contributed by atoms with Gasteiger partial charge in [0, 0.05) is 278 Å². The summed E-state index contributed by atoms with van der Waals surface area (Å²) in [5.41, 5.74) is 0. The smallest absolute Gasteiger partial charge is 0.397 e. The van der Waals surface area contributed by atoms with Crippen molar-refractivity contribution in [3.63, 3.8) is 0 Å². The van der Waals surface area contributed by atoms with E-state index in [0.717, 1.165) is 0 Å². The molecule has 2 saturated heterocycles. The predicted octanol–water partition coefficient (Wildman–Crippen LogP) is -45.9. The van der Waals surface area contributed by atoms with Gasteiger partial charge in [-0.2, -0.15) is 67.3 Å². The highest BCUT2D eigenvalue weighted by Gasteiger charge is 2.65. The fourth-order valence-corrected chi connectivity index (χ4v) is 7.68. The van der Waals surface area contributed by atoms with E-state index in [-0.39, 0.29) is 497 Å². The molecule has 0 spiro atoms. The van der Waals surface area contributed by atoms with Crippen LogP contribution in [0.3, 0.4) is 0 Å². The summed E-state index contributed by atoms with van der Waals surface area (Å²) < 4.78 is 307. The van der Waals surface area contributed by atoms with E-state index in [4.69, 9.17) is 23.3 Å². The number of hydrogen-bond acceptors (Lipinski definition) is 27. The van der Waals surface area contributed by atoms with Crippen molar-refractivity contribution in [1.29, 1.82) is 0 Å². The number of rotatable bonds is 21. The van der Waals surface area contributed by atoms with Crippen LogP contribution in [0.2, 0.25) is 0 Å². The van der Waals surface area contributed by atoms with Gasteiger partial charge in [0.1, 0.15) is 37.1 Å². The molecule has 2 aliphatic rings. The molecule has 0 amide bonds. The third-order valence-corrected chi connectivity index (χ3v) is 9.28. The molecule has 2 rings (SSSR count). The zero-order valence-corrected chi connectivity index (χ0v) is 79.4. The highest BCUT2D eigenvalue weighted by molar-refractivity contribution is 7.82. The van der Waals surface area contributed by atoms with Crippen LogP contribution in [0, 0.1) is 0 Å². The van der Waals surface area contributed by atoms with Crippen LogP contribution in [0.4, 0.5) is 0 Å². The maximum absolute atomic E-state index is 11.9. The Morgan fingerprint density at radius 1 is 0.225 bits per heavy atom. The Hall–Kier alpha value is 5.76. The monoisotopic (exact) mass is 2130 g/mol. The van der Waals surface area contributed by atoms with Gasteiger partial charge in [0.25, 0.3) is 0 Å². The summed E-state index contributed by atoms with van der Waals surface area (Å²) in [4.78, 5) is 0. The van der Waals surface area contributed by atoms with Crippen molar-refractivity contribution in [2.75, 3.05) is 19.8 Å². The van der Waals surface area contributed by atoms with E-state index in [0.29, 0.717) is 0 Å². The van der Waals surface area contributed by atoms with E-state index >= 15 is 0 Å².